The van der Waals surface area contributed by atoms with Crippen molar-refractivity contribution in [3.05, 3.63) is 229 Å². The third-order valence-corrected chi connectivity index (χ3v) is 12.5. The van der Waals surface area contributed by atoms with Gasteiger partial charge in [-0.15, -0.1) is 0 Å². The second-order valence-corrected chi connectivity index (χ2v) is 16.1. The van der Waals surface area contributed by atoms with Gasteiger partial charge in [0.2, 0.25) is 5.90 Å². The van der Waals surface area contributed by atoms with Crippen molar-refractivity contribution in [1.29, 1.82) is 5.41 Å². The maximum Gasteiger partial charge on any atom is 0.213 e. The zero-order valence-corrected chi connectivity index (χ0v) is 33.8. The highest BCUT2D eigenvalue weighted by Crippen LogP contribution is 2.42. The smallest absolute Gasteiger partial charge is 0.213 e. The molecule has 3 aliphatic rings. The molecule has 61 heavy (non-hydrogen) atoms. The number of hydrogen-bond acceptors (Lipinski definition) is 3. The first kappa shape index (κ1) is 36.4. The monoisotopic (exact) mass is 788 g/mol. The second-order valence-electron chi connectivity index (χ2n) is 16.1. The number of nitrogens with one attached hydrogen (secondary N) is 1. The van der Waals surface area contributed by atoms with Crippen molar-refractivity contribution < 1.29 is 4.74 Å². The van der Waals surface area contributed by atoms with E-state index in [1.807, 2.05) is 30.3 Å². The van der Waals surface area contributed by atoms with Crippen LogP contribution in [0.3, 0.4) is 0 Å². The van der Waals surface area contributed by atoms with E-state index in [4.69, 9.17) is 10.1 Å². The minimum Gasteiger partial charge on any atom is -0.473 e. The van der Waals surface area contributed by atoms with Crippen LogP contribution in [0, 0.1) is 5.41 Å². The topological polar surface area (TPSA) is 46.2 Å². The molecule has 2 aliphatic carbocycles. The molecule has 0 radical (unpaired) electrons. The van der Waals surface area contributed by atoms with Gasteiger partial charge in [0.15, 0.2) is 0 Å². The third-order valence-electron chi connectivity index (χ3n) is 12.5. The molecule has 0 spiro atoms. The van der Waals surface area contributed by atoms with E-state index in [0.29, 0.717) is 6.61 Å². The van der Waals surface area contributed by atoms with E-state index >= 15 is 0 Å². The number of aromatic nitrogens is 2. The lowest BCUT2D eigenvalue weighted by molar-refractivity contribution is 0.340. The van der Waals surface area contributed by atoms with Crippen molar-refractivity contribution in [3.8, 4) is 16.8 Å². The molecule has 0 bridgehead atoms. The van der Waals surface area contributed by atoms with Crippen LogP contribution in [0.15, 0.2) is 206 Å². The van der Waals surface area contributed by atoms with Gasteiger partial charge in [0.05, 0.1) is 17.6 Å². The van der Waals surface area contributed by atoms with Gasteiger partial charge in [-0.25, -0.2) is 0 Å². The highest BCUT2D eigenvalue weighted by Gasteiger charge is 2.26. The first-order valence-corrected chi connectivity index (χ1v) is 21.1. The number of allylic oxidation sites excluding steroid dienone is 5. The molecule has 8 aromatic rings. The van der Waals surface area contributed by atoms with Crippen LogP contribution in [0.4, 0.5) is 5.69 Å². The fraction of sp³-hybridized carbons (Fsp3) is 0.0893. The van der Waals surface area contributed by atoms with Crippen LogP contribution >= 0.6 is 0 Å². The van der Waals surface area contributed by atoms with E-state index in [2.05, 4.69) is 191 Å². The molecule has 3 heterocycles. The van der Waals surface area contributed by atoms with Crippen LogP contribution in [-0.2, 0) is 11.2 Å². The molecule has 0 saturated carbocycles. The average molecular weight is 789 g/mol. The normalized spacial score (nSPS) is 18.1. The Balaban J connectivity index is 0.905. The highest BCUT2D eigenvalue weighted by molar-refractivity contribution is 6.10. The molecular weight excluding hydrogens is 745 g/mol. The largest absolute Gasteiger partial charge is 0.473 e. The summed E-state index contributed by atoms with van der Waals surface area (Å²) in [5.41, 5.74) is 15.0. The standard InChI is InChI=1S/C56H44N4O/c1-38-14-12-13-33-58(43-27-23-39(24-28-43)37-61-56(57)40-15-4-2-5-16-40)51-30-25-41(34-48(38)51)42-26-31-54-49(35-42)46-19-8-11-22-53(46)60(54)45-29-32-55-50(36-45)47-20-9-10-21-52(47)59(55)44-17-6-3-7-18-44/h2-27,29-35,43,45,57H,1,28,36-37H2/b14-12-,33-13-,57-56?. The van der Waals surface area contributed by atoms with Crippen molar-refractivity contribution in [3.63, 3.8) is 0 Å². The Hall–Kier alpha value is -7.63. The molecule has 5 nitrogen and oxygen atoms in total. The molecule has 11 rings (SSSR count). The Morgan fingerprint density at radius 1 is 0.656 bits per heavy atom. The summed E-state index contributed by atoms with van der Waals surface area (Å²) in [6.45, 7) is 4.89. The third kappa shape index (κ3) is 6.46. The first-order valence-electron chi connectivity index (χ1n) is 21.1. The number of para-hydroxylation sites is 3. The lowest BCUT2D eigenvalue weighted by atomic mass is 9.94. The Kier molecular flexibility index (Phi) is 9.08. The van der Waals surface area contributed by atoms with Gasteiger partial charge in [0, 0.05) is 61.6 Å². The number of ether oxygens (including phenoxy) is 1. The summed E-state index contributed by atoms with van der Waals surface area (Å²) in [4.78, 5) is 2.35. The van der Waals surface area contributed by atoms with Crippen LogP contribution in [0.1, 0.15) is 34.8 Å². The molecule has 1 aliphatic heterocycles. The highest BCUT2D eigenvalue weighted by atomic mass is 16.5. The summed E-state index contributed by atoms with van der Waals surface area (Å²) in [5, 5.41) is 12.2. The van der Waals surface area contributed by atoms with Crippen molar-refractivity contribution in [1.82, 2.24) is 9.13 Å². The first-order chi connectivity index (χ1) is 30.1. The fourth-order valence-corrected chi connectivity index (χ4v) is 9.53. The molecular formula is C56H44N4O. The molecule has 0 amide bonds. The summed E-state index contributed by atoms with van der Waals surface area (Å²) in [7, 11) is 0. The molecule has 2 aromatic heterocycles. The number of anilines is 1. The number of hydrogen-bond donors (Lipinski definition) is 1. The predicted molar refractivity (Wildman–Crippen MR) is 255 cm³/mol. The Morgan fingerprint density at radius 2 is 1.36 bits per heavy atom. The molecule has 0 saturated heterocycles. The van der Waals surface area contributed by atoms with E-state index in [0.717, 1.165) is 46.4 Å². The Labute approximate surface area is 356 Å². The Morgan fingerprint density at radius 3 is 2.18 bits per heavy atom. The zero-order chi connectivity index (χ0) is 40.9. The molecule has 0 fully saturated rings. The predicted octanol–water partition coefficient (Wildman–Crippen LogP) is 13.4. The maximum absolute atomic E-state index is 8.35. The lowest BCUT2D eigenvalue weighted by Gasteiger charge is -2.32. The van der Waals surface area contributed by atoms with Gasteiger partial charge in [-0.1, -0.05) is 128 Å². The lowest BCUT2D eigenvalue weighted by Crippen LogP contribution is -2.30. The Bertz CT molecular complexity index is 3190. The van der Waals surface area contributed by atoms with E-state index in [9.17, 15) is 0 Å². The molecule has 2 unspecified atom stereocenters. The summed E-state index contributed by atoms with van der Waals surface area (Å²) < 4.78 is 10.8. The van der Waals surface area contributed by atoms with Crippen LogP contribution in [0.25, 0.3) is 61.2 Å². The summed E-state index contributed by atoms with van der Waals surface area (Å²) in [6, 6.07) is 52.1. The zero-order valence-electron chi connectivity index (χ0n) is 33.8. The summed E-state index contributed by atoms with van der Waals surface area (Å²) in [5.74, 6) is 0.188. The van der Waals surface area contributed by atoms with Gasteiger partial charge >= 0.3 is 0 Å². The van der Waals surface area contributed by atoms with Gasteiger partial charge < -0.3 is 18.8 Å². The van der Waals surface area contributed by atoms with Crippen LogP contribution in [0.5, 0.6) is 0 Å². The molecule has 2 atom stereocenters. The number of rotatable bonds is 7. The summed E-state index contributed by atoms with van der Waals surface area (Å²) in [6.07, 6.45) is 21.5. The number of nitrogens with zero attached hydrogens (tertiary/aromatic N) is 3. The van der Waals surface area contributed by atoms with Crippen LogP contribution in [0.2, 0.25) is 0 Å². The second kappa shape index (κ2) is 15.2. The minimum atomic E-state index is 0.125. The fourth-order valence-electron chi connectivity index (χ4n) is 9.53. The maximum atomic E-state index is 8.35. The van der Waals surface area contributed by atoms with E-state index < -0.39 is 0 Å². The van der Waals surface area contributed by atoms with Crippen molar-refractivity contribution >= 4 is 55.9 Å². The molecule has 6 aromatic carbocycles. The van der Waals surface area contributed by atoms with Gasteiger partial charge in [-0.2, -0.15) is 0 Å². The van der Waals surface area contributed by atoms with Crippen LogP contribution in [-0.4, -0.2) is 27.7 Å². The minimum absolute atomic E-state index is 0.125. The number of fused-ring (bicyclic) bond motifs is 7. The van der Waals surface area contributed by atoms with Crippen LogP contribution < -0.4 is 4.90 Å². The van der Waals surface area contributed by atoms with Crippen molar-refractivity contribution in [2.24, 2.45) is 0 Å². The van der Waals surface area contributed by atoms with E-state index in [1.165, 1.54) is 55.2 Å². The summed E-state index contributed by atoms with van der Waals surface area (Å²) >= 11 is 0. The molecule has 1 N–H and O–H groups in total. The SMILES string of the molecule is C=C1/C=C\C=C/N(C2C=CC(COC(=N)c3ccccc3)=CC2)c2ccc(-c3ccc4c(c3)c3ccccc3n4C3C=Cc4c(c5ccccc5n4-c4ccccc4)C3)cc21. The molecule has 294 valence electrons. The van der Waals surface area contributed by atoms with E-state index in [1.54, 1.807) is 0 Å². The number of benzene rings is 6. The van der Waals surface area contributed by atoms with Gasteiger partial charge in [-0.05, 0) is 113 Å². The van der Waals surface area contributed by atoms with E-state index in [-0.39, 0.29) is 18.0 Å². The van der Waals surface area contributed by atoms with Crippen molar-refractivity contribution in [2.45, 2.75) is 24.9 Å². The quantitative estimate of drug-likeness (QED) is 0.129. The van der Waals surface area contributed by atoms with Crippen molar-refractivity contribution in [2.75, 3.05) is 11.5 Å². The van der Waals surface area contributed by atoms with Gasteiger partial charge in [0.25, 0.3) is 0 Å². The van der Waals surface area contributed by atoms with Gasteiger partial charge in [-0.3, -0.25) is 5.41 Å². The molecule has 5 heteroatoms. The van der Waals surface area contributed by atoms with Gasteiger partial charge in [0.1, 0.15) is 6.61 Å². The average Bonchev–Trinajstić information content (AvgIpc) is 3.83.